The third-order valence-corrected chi connectivity index (χ3v) is 2.98. The molecule has 0 atom stereocenters. The Kier molecular flexibility index (Phi) is 2.92. The van der Waals surface area contributed by atoms with E-state index in [1.807, 2.05) is 13.0 Å². The van der Waals surface area contributed by atoms with Crippen LogP contribution in [-0.4, -0.2) is 10.2 Å². The molecule has 0 unspecified atom stereocenters. The molecule has 0 amide bonds. The van der Waals surface area contributed by atoms with Crippen LogP contribution >= 0.6 is 0 Å². The van der Waals surface area contributed by atoms with Gasteiger partial charge in [-0.2, -0.15) is 0 Å². The van der Waals surface area contributed by atoms with Gasteiger partial charge < -0.3 is 5.10 Å². The standard InChI is InChI=1S/C14H18N2O/c1-10-12(13(17)16-15-10)8-11-6-4-5-7-14(2,3)9-11/h4-7,9H,8H2,1-3H3,(H2,15,16,17). The zero-order valence-corrected chi connectivity index (χ0v) is 10.5. The number of aryl methyl sites for hydroxylation is 1. The van der Waals surface area contributed by atoms with E-state index >= 15 is 0 Å². The van der Waals surface area contributed by atoms with Crippen molar-refractivity contribution in [3.63, 3.8) is 0 Å². The summed E-state index contributed by atoms with van der Waals surface area (Å²) >= 11 is 0. The van der Waals surface area contributed by atoms with E-state index in [4.69, 9.17) is 0 Å². The Labute approximate surface area is 101 Å². The number of aromatic nitrogens is 2. The minimum absolute atomic E-state index is 0.0215. The van der Waals surface area contributed by atoms with Gasteiger partial charge in [0.05, 0.1) is 0 Å². The van der Waals surface area contributed by atoms with E-state index in [0.717, 1.165) is 11.3 Å². The topological polar surface area (TPSA) is 48.6 Å². The van der Waals surface area contributed by atoms with Crippen LogP contribution in [-0.2, 0) is 6.42 Å². The molecule has 0 fully saturated rings. The summed E-state index contributed by atoms with van der Waals surface area (Å²) in [5, 5.41) is 5.47. The molecule has 3 nitrogen and oxygen atoms in total. The summed E-state index contributed by atoms with van der Waals surface area (Å²) in [4.78, 5) is 11.6. The normalized spacial score (nSPS) is 17.9. The van der Waals surface area contributed by atoms with E-state index < -0.39 is 0 Å². The maximum Gasteiger partial charge on any atom is 0.267 e. The molecule has 0 bridgehead atoms. The van der Waals surface area contributed by atoms with Gasteiger partial charge in [-0.05, 0) is 12.5 Å². The lowest BCUT2D eigenvalue weighted by molar-refractivity contribution is 0.622. The molecule has 1 heterocycles. The molecule has 0 aliphatic heterocycles. The molecule has 2 rings (SSSR count). The van der Waals surface area contributed by atoms with Crippen LogP contribution in [0.4, 0.5) is 0 Å². The summed E-state index contributed by atoms with van der Waals surface area (Å²) in [5.41, 5.74) is 2.92. The zero-order chi connectivity index (χ0) is 12.5. The van der Waals surface area contributed by atoms with Crippen LogP contribution in [0.25, 0.3) is 0 Å². The van der Waals surface area contributed by atoms with Crippen molar-refractivity contribution in [1.82, 2.24) is 10.2 Å². The highest BCUT2D eigenvalue weighted by Gasteiger charge is 2.14. The van der Waals surface area contributed by atoms with Crippen LogP contribution in [0.3, 0.4) is 0 Å². The Balaban J connectivity index is 2.31. The molecule has 0 aromatic carbocycles. The third kappa shape index (κ3) is 2.67. The fourth-order valence-corrected chi connectivity index (χ4v) is 2.06. The summed E-state index contributed by atoms with van der Waals surface area (Å²) in [5.74, 6) is 0. The van der Waals surface area contributed by atoms with E-state index in [1.165, 1.54) is 5.57 Å². The number of hydrogen-bond acceptors (Lipinski definition) is 1. The van der Waals surface area contributed by atoms with E-state index in [1.54, 1.807) is 0 Å². The van der Waals surface area contributed by atoms with Crippen molar-refractivity contribution in [3.05, 3.63) is 57.6 Å². The van der Waals surface area contributed by atoms with Gasteiger partial charge in [-0.25, -0.2) is 0 Å². The number of aromatic amines is 2. The van der Waals surface area contributed by atoms with E-state index in [2.05, 4.69) is 48.3 Å². The first-order valence-electron chi connectivity index (χ1n) is 5.82. The fourth-order valence-electron chi connectivity index (χ4n) is 2.06. The highest BCUT2D eigenvalue weighted by atomic mass is 16.1. The molecular formula is C14H18N2O. The Morgan fingerprint density at radius 2 is 2.00 bits per heavy atom. The maximum atomic E-state index is 11.6. The SMILES string of the molecule is Cc1[nH][nH]c(=O)c1CC1=CC(C)(C)C=CC=C1. The molecule has 0 saturated carbocycles. The number of nitrogens with one attached hydrogen (secondary N) is 2. The van der Waals surface area contributed by atoms with Gasteiger partial charge in [0.25, 0.3) is 5.56 Å². The van der Waals surface area contributed by atoms with Crippen molar-refractivity contribution >= 4 is 0 Å². The van der Waals surface area contributed by atoms with Gasteiger partial charge in [-0.3, -0.25) is 9.89 Å². The lowest BCUT2D eigenvalue weighted by atomic mass is 9.90. The lowest BCUT2D eigenvalue weighted by Crippen LogP contribution is -2.09. The third-order valence-electron chi connectivity index (χ3n) is 2.98. The first-order valence-corrected chi connectivity index (χ1v) is 5.82. The molecule has 1 aromatic heterocycles. The van der Waals surface area contributed by atoms with E-state index in [0.29, 0.717) is 6.42 Å². The van der Waals surface area contributed by atoms with Gasteiger partial charge in [0.15, 0.2) is 0 Å². The Hall–Kier alpha value is -1.77. The molecule has 1 aliphatic carbocycles. The Bertz CT molecular complexity index is 553. The minimum atomic E-state index is -0.0215. The molecule has 0 radical (unpaired) electrons. The number of allylic oxidation sites excluding steroid dienone is 6. The molecule has 90 valence electrons. The van der Waals surface area contributed by atoms with Crippen LogP contribution in [0.1, 0.15) is 25.1 Å². The zero-order valence-electron chi connectivity index (χ0n) is 10.5. The second kappa shape index (κ2) is 4.24. The first kappa shape index (κ1) is 11.7. The average molecular weight is 230 g/mol. The lowest BCUT2D eigenvalue weighted by Gasteiger charge is -2.15. The van der Waals surface area contributed by atoms with E-state index in [-0.39, 0.29) is 11.0 Å². The maximum absolute atomic E-state index is 11.6. The van der Waals surface area contributed by atoms with Crippen molar-refractivity contribution < 1.29 is 0 Å². The predicted molar refractivity (Wildman–Crippen MR) is 70.0 cm³/mol. The highest BCUT2D eigenvalue weighted by Crippen LogP contribution is 2.25. The number of rotatable bonds is 2. The number of H-pyrrole nitrogens is 2. The van der Waals surface area contributed by atoms with Crippen molar-refractivity contribution in [3.8, 4) is 0 Å². The van der Waals surface area contributed by atoms with Crippen molar-refractivity contribution in [1.29, 1.82) is 0 Å². The largest absolute Gasteiger partial charge is 0.302 e. The molecule has 2 N–H and O–H groups in total. The van der Waals surface area contributed by atoms with Crippen molar-refractivity contribution in [2.75, 3.05) is 0 Å². The van der Waals surface area contributed by atoms with Gasteiger partial charge in [0.1, 0.15) is 0 Å². The van der Waals surface area contributed by atoms with Gasteiger partial charge in [0.2, 0.25) is 0 Å². The molecule has 0 spiro atoms. The predicted octanol–water partition coefficient (Wildman–Crippen LogP) is 2.63. The Morgan fingerprint density at radius 1 is 1.24 bits per heavy atom. The van der Waals surface area contributed by atoms with Crippen molar-refractivity contribution in [2.45, 2.75) is 27.2 Å². The summed E-state index contributed by atoms with van der Waals surface area (Å²) < 4.78 is 0. The van der Waals surface area contributed by atoms with Gasteiger partial charge in [-0.1, -0.05) is 44.2 Å². The molecule has 0 saturated heterocycles. The number of hydrogen-bond donors (Lipinski definition) is 2. The van der Waals surface area contributed by atoms with Crippen molar-refractivity contribution in [2.24, 2.45) is 5.41 Å². The van der Waals surface area contributed by atoms with Gasteiger partial charge in [-0.15, -0.1) is 0 Å². The fraction of sp³-hybridized carbons (Fsp3) is 0.357. The second-order valence-corrected chi connectivity index (χ2v) is 5.12. The Morgan fingerprint density at radius 3 is 2.65 bits per heavy atom. The first-order chi connectivity index (χ1) is 7.98. The average Bonchev–Trinajstić information content (AvgIpc) is 2.48. The molecule has 3 heteroatoms. The van der Waals surface area contributed by atoms with Gasteiger partial charge >= 0.3 is 0 Å². The van der Waals surface area contributed by atoms with Gasteiger partial charge in [0, 0.05) is 23.1 Å². The molecule has 1 aliphatic rings. The van der Waals surface area contributed by atoms with Crippen LogP contribution < -0.4 is 5.56 Å². The van der Waals surface area contributed by atoms with Crippen LogP contribution in [0.5, 0.6) is 0 Å². The molecular weight excluding hydrogens is 212 g/mol. The smallest absolute Gasteiger partial charge is 0.267 e. The monoisotopic (exact) mass is 230 g/mol. The highest BCUT2D eigenvalue weighted by molar-refractivity contribution is 5.35. The molecule has 1 aromatic rings. The van der Waals surface area contributed by atoms with Crippen LogP contribution in [0, 0.1) is 12.3 Å². The summed E-state index contributed by atoms with van der Waals surface area (Å²) in [6.07, 6.45) is 11.2. The molecule has 17 heavy (non-hydrogen) atoms. The quantitative estimate of drug-likeness (QED) is 0.806. The summed E-state index contributed by atoms with van der Waals surface area (Å²) in [7, 11) is 0. The minimum Gasteiger partial charge on any atom is -0.302 e. The van der Waals surface area contributed by atoms with E-state index in [9.17, 15) is 4.79 Å². The summed E-state index contributed by atoms with van der Waals surface area (Å²) in [6, 6.07) is 0. The van der Waals surface area contributed by atoms with Crippen LogP contribution in [0.15, 0.2) is 40.7 Å². The van der Waals surface area contributed by atoms with Crippen LogP contribution in [0.2, 0.25) is 0 Å². The second-order valence-electron chi connectivity index (χ2n) is 5.12. The summed E-state index contributed by atoms with van der Waals surface area (Å²) in [6.45, 7) is 6.23.